The zero-order valence-corrected chi connectivity index (χ0v) is 28.6. The Kier molecular flexibility index (Phi) is 10.9. The molecule has 0 saturated carbocycles. The fourth-order valence-electron chi connectivity index (χ4n) is 5.30. The number of benzene rings is 1. The zero-order chi connectivity index (χ0) is 36.7. The van der Waals surface area contributed by atoms with Crippen molar-refractivity contribution in [3.05, 3.63) is 66.7 Å². The van der Waals surface area contributed by atoms with E-state index in [1.807, 2.05) is 6.07 Å². The highest BCUT2D eigenvalue weighted by Gasteiger charge is 2.50. The van der Waals surface area contributed by atoms with Crippen LogP contribution in [0, 0.1) is 0 Å². The number of carbonyl (C=O) groups is 1. The monoisotopic (exact) mass is 772 g/mol. The van der Waals surface area contributed by atoms with Gasteiger partial charge >= 0.3 is 15.6 Å². The number of phosphoric acid groups is 2. The average Bonchev–Trinajstić information content (AvgIpc) is 3.69. The van der Waals surface area contributed by atoms with Crippen molar-refractivity contribution in [2.75, 3.05) is 18.9 Å². The van der Waals surface area contributed by atoms with Crippen LogP contribution in [0.4, 0.5) is 5.82 Å². The lowest BCUT2D eigenvalue weighted by atomic mass is 10.1. The maximum absolute atomic E-state index is 12.7. The molecule has 24 heteroatoms. The molecule has 0 bridgehead atoms. The lowest BCUT2D eigenvalue weighted by Crippen LogP contribution is -2.46. The Hall–Kier alpha value is -3.44. The SMILES string of the molecule is NC(=O)c1ccc[n+](C2OC(COP(=O)(O)OP(=O)(O)OCC3OC(n4c(Sc5ccccc5)nc5c(N)ncnc54)C(O)C3O)C(O)C2O)c1. The summed E-state index contributed by atoms with van der Waals surface area (Å²) in [6.07, 6.45) is -8.34. The Morgan fingerprint density at radius 1 is 0.922 bits per heavy atom. The Balaban J connectivity index is 1.08. The van der Waals surface area contributed by atoms with E-state index in [9.17, 15) is 44.1 Å². The van der Waals surface area contributed by atoms with Crippen LogP contribution in [-0.4, -0.2) is 105 Å². The second-order valence-electron chi connectivity index (χ2n) is 11.2. The summed E-state index contributed by atoms with van der Waals surface area (Å²) in [4.78, 5) is 45.3. The van der Waals surface area contributed by atoms with E-state index in [0.29, 0.717) is 0 Å². The van der Waals surface area contributed by atoms with Crippen molar-refractivity contribution in [2.24, 2.45) is 5.73 Å². The molecule has 6 rings (SSSR count). The molecule has 21 nitrogen and oxygen atoms in total. The molecule has 4 aromatic rings. The van der Waals surface area contributed by atoms with E-state index in [1.54, 1.807) is 24.3 Å². The number of phosphoric ester groups is 2. The number of rotatable bonds is 13. The van der Waals surface area contributed by atoms with Gasteiger partial charge in [0.05, 0.1) is 13.2 Å². The molecule has 2 aliphatic heterocycles. The first-order valence-corrected chi connectivity index (χ1v) is 18.7. The molecular formula is C27H32N7O14P2S+. The van der Waals surface area contributed by atoms with Crippen LogP contribution >= 0.6 is 27.4 Å². The van der Waals surface area contributed by atoms with Gasteiger partial charge in [-0.2, -0.15) is 8.88 Å². The summed E-state index contributed by atoms with van der Waals surface area (Å²) < 4.78 is 53.2. The summed E-state index contributed by atoms with van der Waals surface area (Å²) >= 11 is 1.17. The number of nitrogen functional groups attached to an aromatic ring is 1. The van der Waals surface area contributed by atoms with E-state index in [2.05, 4.69) is 19.3 Å². The van der Waals surface area contributed by atoms with Crippen LogP contribution in [0.1, 0.15) is 22.8 Å². The summed E-state index contributed by atoms with van der Waals surface area (Å²) in [6, 6.07) is 11.9. The predicted octanol–water partition coefficient (Wildman–Crippen LogP) is -0.865. The number of imidazole rings is 1. The Labute approximate surface area is 291 Å². The molecule has 1 amide bonds. The number of aromatic nitrogens is 5. The van der Waals surface area contributed by atoms with Gasteiger partial charge in [-0.15, -0.1) is 0 Å². The minimum atomic E-state index is -5.43. The molecule has 10 N–H and O–H groups in total. The number of hydrogen-bond donors (Lipinski definition) is 8. The molecule has 0 radical (unpaired) electrons. The molecule has 51 heavy (non-hydrogen) atoms. The zero-order valence-electron chi connectivity index (χ0n) is 25.9. The average molecular weight is 773 g/mol. The Bertz CT molecular complexity index is 2000. The van der Waals surface area contributed by atoms with E-state index >= 15 is 0 Å². The van der Waals surface area contributed by atoms with Crippen LogP contribution in [-0.2, 0) is 32.0 Å². The van der Waals surface area contributed by atoms with Gasteiger partial charge in [-0.05, 0) is 18.2 Å². The molecule has 2 fully saturated rings. The smallest absolute Gasteiger partial charge is 0.387 e. The minimum Gasteiger partial charge on any atom is -0.387 e. The highest BCUT2D eigenvalue weighted by atomic mass is 32.2. The van der Waals surface area contributed by atoms with Gasteiger partial charge in [0.25, 0.3) is 12.1 Å². The van der Waals surface area contributed by atoms with Crippen LogP contribution in [0.3, 0.4) is 0 Å². The summed E-state index contributed by atoms with van der Waals surface area (Å²) in [5.41, 5.74) is 11.7. The molecule has 10 atom stereocenters. The molecule has 0 aliphatic carbocycles. The fourth-order valence-corrected chi connectivity index (χ4v) is 8.33. The Morgan fingerprint density at radius 2 is 1.57 bits per heavy atom. The van der Waals surface area contributed by atoms with Gasteiger partial charge < -0.3 is 51.2 Å². The number of amides is 1. The molecular weight excluding hydrogens is 740 g/mol. The van der Waals surface area contributed by atoms with Crippen molar-refractivity contribution in [3.8, 4) is 0 Å². The first-order chi connectivity index (χ1) is 24.1. The van der Waals surface area contributed by atoms with E-state index < -0.39 is 83.8 Å². The van der Waals surface area contributed by atoms with Crippen LogP contribution in [0.5, 0.6) is 0 Å². The number of nitrogens with two attached hydrogens (primary N) is 2. The van der Waals surface area contributed by atoms with E-state index in [4.69, 9.17) is 30.0 Å². The third-order valence-electron chi connectivity index (χ3n) is 7.76. The summed E-state index contributed by atoms with van der Waals surface area (Å²) in [5, 5.41) is 42.9. The molecule has 10 unspecified atom stereocenters. The standard InChI is InChI=1S/C27H31N7O14P2S/c28-22-17-24(31-12-30-22)34(27(32-17)51-14-6-2-1-3-7-14)26-21(38)19(36)16(47-26)11-45-50(42,43)48-49(40,41)44-10-15-18(35)20(37)25(46-15)33-8-4-5-13(9-33)23(29)39/h1-9,12,15-16,18-21,25-26,35-38H,10-11H2,(H5-,28,29,30,31,39,40,41,42,43)/p+1. The highest BCUT2D eigenvalue weighted by Crippen LogP contribution is 2.60. The van der Waals surface area contributed by atoms with Gasteiger partial charge in [0, 0.05) is 11.0 Å². The quantitative estimate of drug-likeness (QED) is 0.0605. The van der Waals surface area contributed by atoms with E-state index in [1.165, 1.54) is 51.7 Å². The predicted molar refractivity (Wildman–Crippen MR) is 170 cm³/mol. The van der Waals surface area contributed by atoms with Gasteiger partial charge in [0.15, 0.2) is 46.9 Å². The molecule has 0 spiro atoms. The van der Waals surface area contributed by atoms with Gasteiger partial charge in [-0.25, -0.2) is 24.1 Å². The van der Waals surface area contributed by atoms with Crippen LogP contribution in [0.2, 0.25) is 0 Å². The van der Waals surface area contributed by atoms with Crippen LogP contribution in [0.15, 0.2) is 71.2 Å². The van der Waals surface area contributed by atoms with Crippen molar-refractivity contribution in [2.45, 2.75) is 59.1 Å². The number of fused-ring (bicyclic) bond motifs is 1. The second kappa shape index (κ2) is 14.9. The van der Waals surface area contributed by atoms with Crippen molar-refractivity contribution in [1.29, 1.82) is 0 Å². The lowest BCUT2D eigenvalue weighted by molar-refractivity contribution is -0.765. The first kappa shape index (κ1) is 37.3. The number of nitrogens with zero attached hydrogens (tertiary/aromatic N) is 5. The lowest BCUT2D eigenvalue weighted by Gasteiger charge is -2.20. The number of aliphatic hydroxyl groups excluding tert-OH is 4. The Morgan fingerprint density at radius 3 is 2.24 bits per heavy atom. The van der Waals surface area contributed by atoms with Gasteiger partial charge in [-0.3, -0.25) is 18.4 Å². The number of aliphatic hydroxyl groups is 4. The third kappa shape index (κ3) is 8.14. The second-order valence-corrected chi connectivity index (χ2v) is 15.3. The van der Waals surface area contributed by atoms with Gasteiger partial charge in [-0.1, -0.05) is 30.0 Å². The molecule has 2 aliphatic rings. The van der Waals surface area contributed by atoms with E-state index in [0.717, 1.165) is 4.90 Å². The van der Waals surface area contributed by atoms with Gasteiger partial charge in [0.1, 0.15) is 42.4 Å². The fraction of sp³-hybridized carbons (Fsp3) is 0.370. The molecule has 2 saturated heterocycles. The largest absolute Gasteiger partial charge is 0.481 e. The van der Waals surface area contributed by atoms with Crippen molar-refractivity contribution in [3.63, 3.8) is 0 Å². The number of carbonyl (C=O) groups excluding carboxylic acids is 1. The van der Waals surface area contributed by atoms with Crippen molar-refractivity contribution >= 4 is 50.3 Å². The molecule has 1 aromatic carbocycles. The molecule has 274 valence electrons. The number of ether oxygens (including phenoxy) is 2. The van der Waals surface area contributed by atoms with Crippen molar-refractivity contribution in [1.82, 2.24) is 19.5 Å². The molecule has 3 aromatic heterocycles. The van der Waals surface area contributed by atoms with Crippen LogP contribution < -0.4 is 16.0 Å². The normalized spacial score (nSPS) is 28.8. The number of primary amides is 1. The van der Waals surface area contributed by atoms with Gasteiger partial charge in [0.2, 0.25) is 0 Å². The number of anilines is 1. The topological polar surface area (TPSA) is 318 Å². The van der Waals surface area contributed by atoms with Crippen LogP contribution in [0.25, 0.3) is 11.2 Å². The number of pyridine rings is 1. The first-order valence-electron chi connectivity index (χ1n) is 14.9. The maximum atomic E-state index is 12.7. The van der Waals surface area contributed by atoms with E-state index in [-0.39, 0.29) is 27.7 Å². The molecule has 5 heterocycles. The summed E-state index contributed by atoms with van der Waals surface area (Å²) in [5.74, 6) is -0.731. The minimum absolute atomic E-state index is 0.0366. The maximum Gasteiger partial charge on any atom is 0.481 e. The van der Waals surface area contributed by atoms with Crippen molar-refractivity contribution < 1.29 is 71.5 Å². The third-order valence-corrected chi connectivity index (χ3v) is 11.3. The summed E-state index contributed by atoms with van der Waals surface area (Å²) in [7, 11) is -10.8. The highest BCUT2D eigenvalue weighted by molar-refractivity contribution is 7.99. The number of hydrogen-bond acceptors (Lipinski definition) is 17. The summed E-state index contributed by atoms with van der Waals surface area (Å²) in [6.45, 7) is -1.83.